The van der Waals surface area contributed by atoms with Gasteiger partial charge < -0.3 is 0 Å². The molecule has 0 amide bonds. The molecule has 0 aliphatic heterocycles. The van der Waals surface area contributed by atoms with E-state index in [4.69, 9.17) is 0 Å². The lowest BCUT2D eigenvalue weighted by Crippen LogP contribution is -2.05. The van der Waals surface area contributed by atoms with E-state index < -0.39 is 0 Å². The van der Waals surface area contributed by atoms with Crippen molar-refractivity contribution in [3.8, 4) is 6.07 Å². The fraction of sp³-hybridized carbons (Fsp3) is 0.556. The van der Waals surface area contributed by atoms with Gasteiger partial charge in [0.1, 0.15) is 11.8 Å². The summed E-state index contributed by atoms with van der Waals surface area (Å²) in [5, 5.41) is 13.8. The minimum absolute atomic E-state index is 0.574. The van der Waals surface area contributed by atoms with Crippen LogP contribution in [0.1, 0.15) is 57.0 Å². The first-order chi connectivity index (χ1) is 9.94. The minimum atomic E-state index is 0.574. The molecule has 21 heavy (non-hydrogen) atoms. The number of aromatic nitrogens is 2. The lowest BCUT2D eigenvalue weighted by Gasteiger charge is -2.15. The van der Waals surface area contributed by atoms with E-state index in [1.54, 1.807) is 10.8 Å². The molecule has 0 aliphatic rings. The number of hydrogen-bond acceptors (Lipinski definition) is 2. The third-order valence-corrected chi connectivity index (χ3v) is 4.17. The maximum atomic E-state index is 9.30. The Bertz CT molecular complexity index is 546. The van der Waals surface area contributed by atoms with Crippen molar-refractivity contribution < 1.29 is 0 Å². The van der Waals surface area contributed by atoms with Gasteiger partial charge in [-0.15, -0.1) is 0 Å². The molecule has 3 nitrogen and oxygen atoms in total. The standard InChI is InChI=1S/C18H27N3/c1-7-13(3)11-14(4)9-10-16-18(15(5)8-2)17(12-19)21(6)20-16/h8,13-14H,2,5,7,9-11H2,1,3-4,6H3. The van der Waals surface area contributed by atoms with Crippen molar-refractivity contribution in [3.63, 3.8) is 0 Å². The van der Waals surface area contributed by atoms with Crippen molar-refractivity contribution in [1.82, 2.24) is 9.78 Å². The Labute approximate surface area is 129 Å². The Morgan fingerprint density at radius 3 is 2.62 bits per heavy atom. The SMILES string of the molecule is C=CC(=C)c1c(CCC(C)CC(C)CC)nn(C)c1C#N. The molecule has 0 bridgehead atoms. The third-order valence-electron chi connectivity index (χ3n) is 4.17. The predicted molar refractivity (Wildman–Crippen MR) is 88.7 cm³/mol. The van der Waals surface area contributed by atoms with E-state index in [1.165, 1.54) is 12.8 Å². The monoisotopic (exact) mass is 285 g/mol. The van der Waals surface area contributed by atoms with E-state index in [9.17, 15) is 5.26 Å². The van der Waals surface area contributed by atoms with Crippen LogP contribution in [0.2, 0.25) is 0 Å². The average molecular weight is 285 g/mol. The summed E-state index contributed by atoms with van der Waals surface area (Å²) < 4.78 is 1.65. The van der Waals surface area contributed by atoms with Crippen LogP contribution in [-0.4, -0.2) is 9.78 Å². The van der Waals surface area contributed by atoms with Crippen LogP contribution in [0, 0.1) is 23.2 Å². The molecule has 2 unspecified atom stereocenters. The molecule has 3 heteroatoms. The zero-order valence-corrected chi connectivity index (χ0v) is 13.8. The van der Waals surface area contributed by atoms with Gasteiger partial charge in [0, 0.05) is 12.6 Å². The van der Waals surface area contributed by atoms with Gasteiger partial charge in [-0.1, -0.05) is 46.4 Å². The molecule has 0 spiro atoms. The lowest BCUT2D eigenvalue weighted by molar-refractivity contribution is 0.386. The van der Waals surface area contributed by atoms with Crippen molar-refractivity contribution in [2.24, 2.45) is 18.9 Å². The lowest BCUT2D eigenvalue weighted by atomic mass is 9.90. The second-order valence-electron chi connectivity index (χ2n) is 6.03. The number of aryl methyl sites for hydroxylation is 2. The van der Waals surface area contributed by atoms with E-state index in [1.807, 2.05) is 7.05 Å². The molecular weight excluding hydrogens is 258 g/mol. The summed E-state index contributed by atoms with van der Waals surface area (Å²) >= 11 is 0. The summed E-state index contributed by atoms with van der Waals surface area (Å²) in [4.78, 5) is 0. The number of rotatable bonds is 8. The molecule has 0 saturated heterocycles. The van der Waals surface area contributed by atoms with Crippen molar-refractivity contribution in [2.75, 3.05) is 0 Å². The molecule has 0 radical (unpaired) electrons. The highest BCUT2D eigenvalue weighted by molar-refractivity contribution is 5.76. The highest BCUT2D eigenvalue weighted by Crippen LogP contribution is 2.26. The maximum absolute atomic E-state index is 9.30. The van der Waals surface area contributed by atoms with Crippen LogP contribution in [0.3, 0.4) is 0 Å². The Morgan fingerprint density at radius 2 is 2.10 bits per heavy atom. The Hall–Kier alpha value is -1.82. The van der Waals surface area contributed by atoms with E-state index in [0.717, 1.165) is 35.6 Å². The summed E-state index contributed by atoms with van der Waals surface area (Å²) in [5.74, 6) is 1.43. The van der Waals surface area contributed by atoms with Crippen molar-refractivity contribution in [2.45, 2.75) is 46.5 Å². The molecule has 0 N–H and O–H groups in total. The van der Waals surface area contributed by atoms with Crippen LogP contribution in [0.4, 0.5) is 0 Å². The van der Waals surface area contributed by atoms with Gasteiger partial charge in [-0.2, -0.15) is 10.4 Å². The van der Waals surface area contributed by atoms with Gasteiger partial charge in [-0.3, -0.25) is 4.68 Å². The van der Waals surface area contributed by atoms with E-state index in [-0.39, 0.29) is 0 Å². The molecule has 0 fully saturated rings. The summed E-state index contributed by atoms with van der Waals surface area (Å²) in [6.07, 6.45) is 6.14. The van der Waals surface area contributed by atoms with Gasteiger partial charge in [-0.05, 0) is 36.7 Å². The van der Waals surface area contributed by atoms with Crippen LogP contribution in [0.25, 0.3) is 5.57 Å². The topological polar surface area (TPSA) is 41.6 Å². The minimum Gasteiger partial charge on any atom is -0.257 e. The average Bonchev–Trinajstić information content (AvgIpc) is 2.79. The molecule has 0 aliphatic carbocycles. The number of nitrogens with zero attached hydrogens (tertiary/aromatic N) is 3. The van der Waals surface area contributed by atoms with Crippen molar-refractivity contribution in [3.05, 3.63) is 36.2 Å². The number of allylic oxidation sites excluding steroid dienone is 2. The van der Waals surface area contributed by atoms with Crippen LogP contribution in [-0.2, 0) is 13.5 Å². The van der Waals surface area contributed by atoms with Gasteiger partial charge >= 0.3 is 0 Å². The first-order valence-corrected chi connectivity index (χ1v) is 7.72. The fourth-order valence-electron chi connectivity index (χ4n) is 2.68. The molecule has 2 atom stereocenters. The Morgan fingerprint density at radius 1 is 1.43 bits per heavy atom. The highest BCUT2D eigenvalue weighted by atomic mass is 15.3. The van der Waals surface area contributed by atoms with Crippen LogP contribution >= 0.6 is 0 Å². The first kappa shape index (κ1) is 17.2. The number of nitriles is 1. The smallest absolute Gasteiger partial charge is 0.146 e. The zero-order valence-electron chi connectivity index (χ0n) is 13.8. The first-order valence-electron chi connectivity index (χ1n) is 7.72. The van der Waals surface area contributed by atoms with Gasteiger partial charge in [0.05, 0.1) is 5.69 Å². The molecule has 1 heterocycles. The zero-order chi connectivity index (χ0) is 16.0. The highest BCUT2D eigenvalue weighted by Gasteiger charge is 2.18. The van der Waals surface area contributed by atoms with Crippen LogP contribution in [0.15, 0.2) is 19.2 Å². The van der Waals surface area contributed by atoms with Gasteiger partial charge in [0.15, 0.2) is 0 Å². The Kier molecular flexibility index (Phi) is 6.42. The molecule has 1 rings (SSSR count). The second kappa shape index (κ2) is 7.83. The molecular formula is C18H27N3. The van der Waals surface area contributed by atoms with Gasteiger partial charge in [0.25, 0.3) is 0 Å². The van der Waals surface area contributed by atoms with E-state index in [0.29, 0.717) is 11.6 Å². The van der Waals surface area contributed by atoms with Crippen LogP contribution < -0.4 is 0 Å². The Balaban J connectivity index is 2.87. The van der Waals surface area contributed by atoms with E-state index >= 15 is 0 Å². The number of hydrogen-bond donors (Lipinski definition) is 0. The van der Waals surface area contributed by atoms with E-state index in [2.05, 4.69) is 45.1 Å². The molecule has 1 aromatic rings. The molecule has 1 aromatic heterocycles. The molecule has 0 aromatic carbocycles. The third kappa shape index (κ3) is 4.32. The van der Waals surface area contributed by atoms with Gasteiger partial charge in [0.2, 0.25) is 0 Å². The quantitative estimate of drug-likeness (QED) is 0.660. The van der Waals surface area contributed by atoms with Crippen molar-refractivity contribution >= 4 is 5.57 Å². The summed E-state index contributed by atoms with van der Waals surface area (Å²) in [7, 11) is 1.81. The van der Waals surface area contributed by atoms with Crippen LogP contribution in [0.5, 0.6) is 0 Å². The second-order valence-corrected chi connectivity index (χ2v) is 6.03. The maximum Gasteiger partial charge on any atom is 0.146 e. The largest absolute Gasteiger partial charge is 0.257 e. The van der Waals surface area contributed by atoms with Crippen molar-refractivity contribution in [1.29, 1.82) is 5.26 Å². The predicted octanol–water partition coefficient (Wildman–Crippen LogP) is 4.50. The summed E-state index contributed by atoms with van der Waals surface area (Å²) in [5.41, 5.74) is 3.19. The normalized spacial score (nSPS) is 13.5. The molecule has 114 valence electrons. The summed E-state index contributed by atoms with van der Waals surface area (Å²) in [6.45, 7) is 14.6. The molecule has 0 saturated carbocycles. The fourth-order valence-corrected chi connectivity index (χ4v) is 2.68. The summed E-state index contributed by atoms with van der Waals surface area (Å²) in [6, 6.07) is 2.22. The van der Waals surface area contributed by atoms with Gasteiger partial charge in [-0.25, -0.2) is 0 Å².